The number of carbonyl (C=O) groups excluding carboxylic acids is 1. The maximum absolute atomic E-state index is 12.1. The zero-order valence-corrected chi connectivity index (χ0v) is 16.3. The summed E-state index contributed by atoms with van der Waals surface area (Å²) in [5.41, 5.74) is 8.04. The van der Waals surface area contributed by atoms with Crippen LogP contribution in [0.4, 0.5) is 10.9 Å². The SMILES string of the molecule is COc1cc([C@@H]2CC(=O)Nc3nc(N)sc32)ccc1OCCc1ccccc1. The van der Waals surface area contributed by atoms with Gasteiger partial charge in [0.15, 0.2) is 16.6 Å². The van der Waals surface area contributed by atoms with Gasteiger partial charge in [-0.25, -0.2) is 4.98 Å². The average molecular weight is 395 g/mol. The molecule has 0 fully saturated rings. The molecule has 0 radical (unpaired) electrons. The van der Waals surface area contributed by atoms with Gasteiger partial charge in [-0.3, -0.25) is 4.79 Å². The Morgan fingerprint density at radius 3 is 2.82 bits per heavy atom. The van der Waals surface area contributed by atoms with E-state index in [1.165, 1.54) is 16.9 Å². The number of aromatic nitrogens is 1. The number of hydrogen-bond donors (Lipinski definition) is 2. The van der Waals surface area contributed by atoms with Crippen molar-refractivity contribution in [2.45, 2.75) is 18.8 Å². The monoisotopic (exact) mass is 395 g/mol. The first-order chi connectivity index (χ1) is 13.6. The number of amides is 1. The van der Waals surface area contributed by atoms with Crippen LogP contribution in [0.25, 0.3) is 0 Å². The third kappa shape index (κ3) is 3.80. The zero-order valence-electron chi connectivity index (χ0n) is 15.5. The summed E-state index contributed by atoms with van der Waals surface area (Å²) >= 11 is 1.40. The van der Waals surface area contributed by atoms with Gasteiger partial charge in [-0.05, 0) is 23.3 Å². The van der Waals surface area contributed by atoms with Crippen molar-refractivity contribution in [2.24, 2.45) is 0 Å². The molecule has 1 aromatic heterocycles. The molecule has 4 rings (SSSR count). The first-order valence-electron chi connectivity index (χ1n) is 9.04. The molecule has 1 aliphatic rings. The number of anilines is 2. The van der Waals surface area contributed by atoms with Crippen molar-refractivity contribution in [3.8, 4) is 11.5 Å². The Morgan fingerprint density at radius 1 is 1.21 bits per heavy atom. The van der Waals surface area contributed by atoms with E-state index in [2.05, 4.69) is 22.4 Å². The minimum Gasteiger partial charge on any atom is -0.493 e. The molecule has 0 aliphatic carbocycles. The molecule has 0 saturated carbocycles. The van der Waals surface area contributed by atoms with Crippen LogP contribution in [-0.2, 0) is 11.2 Å². The smallest absolute Gasteiger partial charge is 0.226 e. The highest BCUT2D eigenvalue weighted by molar-refractivity contribution is 7.16. The van der Waals surface area contributed by atoms with Crippen molar-refractivity contribution >= 4 is 28.2 Å². The van der Waals surface area contributed by atoms with Gasteiger partial charge < -0.3 is 20.5 Å². The molecule has 144 valence electrons. The van der Waals surface area contributed by atoms with E-state index in [1.54, 1.807) is 7.11 Å². The van der Waals surface area contributed by atoms with E-state index < -0.39 is 0 Å². The Balaban J connectivity index is 1.53. The maximum Gasteiger partial charge on any atom is 0.226 e. The number of rotatable bonds is 6. The maximum atomic E-state index is 12.1. The van der Waals surface area contributed by atoms with E-state index in [-0.39, 0.29) is 11.8 Å². The Morgan fingerprint density at radius 2 is 2.04 bits per heavy atom. The standard InChI is InChI=1S/C21H21N3O3S/c1-26-17-11-14(15-12-18(25)23-20-19(15)28-21(22)24-20)7-8-16(17)27-10-9-13-5-3-2-4-6-13/h2-8,11,15H,9-10,12H2,1H3,(H2,22,24)(H,23,25)/t15-/m0/s1. The lowest BCUT2D eigenvalue weighted by molar-refractivity contribution is -0.116. The molecule has 28 heavy (non-hydrogen) atoms. The molecule has 1 amide bonds. The number of carbonyl (C=O) groups is 1. The molecule has 2 heterocycles. The summed E-state index contributed by atoms with van der Waals surface area (Å²) < 4.78 is 11.5. The second-order valence-electron chi connectivity index (χ2n) is 6.56. The Hall–Kier alpha value is -3.06. The second kappa shape index (κ2) is 7.90. The Bertz CT molecular complexity index is 988. The molecule has 0 spiro atoms. The highest BCUT2D eigenvalue weighted by atomic mass is 32.1. The van der Waals surface area contributed by atoms with E-state index in [4.69, 9.17) is 15.2 Å². The van der Waals surface area contributed by atoms with Gasteiger partial charge in [0.1, 0.15) is 5.82 Å². The molecule has 6 nitrogen and oxygen atoms in total. The normalized spacial score (nSPS) is 15.6. The van der Waals surface area contributed by atoms with E-state index in [0.717, 1.165) is 16.9 Å². The Labute approximate surface area is 167 Å². The third-order valence-electron chi connectivity index (χ3n) is 4.71. The fraction of sp³-hybridized carbons (Fsp3) is 0.238. The van der Waals surface area contributed by atoms with Crippen molar-refractivity contribution in [1.29, 1.82) is 0 Å². The Kier molecular flexibility index (Phi) is 5.16. The molecular formula is C21H21N3O3S. The van der Waals surface area contributed by atoms with Crippen LogP contribution in [0.5, 0.6) is 11.5 Å². The van der Waals surface area contributed by atoms with Crippen molar-refractivity contribution in [2.75, 3.05) is 24.8 Å². The van der Waals surface area contributed by atoms with Crippen LogP contribution < -0.4 is 20.5 Å². The van der Waals surface area contributed by atoms with E-state index in [1.807, 2.05) is 36.4 Å². The first-order valence-corrected chi connectivity index (χ1v) is 9.86. The topological polar surface area (TPSA) is 86.5 Å². The molecule has 3 aromatic rings. The van der Waals surface area contributed by atoms with Gasteiger partial charge in [0.25, 0.3) is 0 Å². The van der Waals surface area contributed by atoms with Gasteiger partial charge in [-0.2, -0.15) is 0 Å². The van der Waals surface area contributed by atoms with E-state index in [9.17, 15) is 4.79 Å². The molecule has 0 bridgehead atoms. The largest absolute Gasteiger partial charge is 0.493 e. The number of ether oxygens (including phenoxy) is 2. The average Bonchev–Trinajstić information content (AvgIpc) is 3.08. The van der Waals surface area contributed by atoms with Crippen LogP contribution in [0.15, 0.2) is 48.5 Å². The van der Waals surface area contributed by atoms with Crippen molar-refractivity contribution in [1.82, 2.24) is 4.98 Å². The quantitative estimate of drug-likeness (QED) is 0.662. The van der Waals surface area contributed by atoms with Gasteiger partial charge in [0.2, 0.25) is 5.91 Å². The molecule has 1 aliphatic heterocycles. The fourth-order valence-corrected chi connectivity index (χ4v) is 4.27. The van der Waals surface area contributed by atoms with Gasteiger partial charge in [0.05, 0.1) is 18.6 Å². The number of fused-ring (bicyclic) bond motifs is 1. The van der Waals surface area contributed by atoms with Crippen LogP contribution in [-0.4, -0.2) is 24.6 Å². The van der Waals surface area contributed by atoms with Crippen LogP contribution in [0.2, 0.25) is 0 Å². The molecule has 3 N–H and O–H groups in total. The number of nitrogens with one attached hydrogen (secondary N) is 1. The molecule has 0 unspecified atom stereocenters. The van der Waals surface area contributed by atoms with Gasteiger partial charge >= 0.3 is 0 Å². The van der Waals surface area contributed by atoms with Crippen LogP contribution in [0, 0.1) is 0 Å². The van der Waals surface area contributed by atoms with Crippen molar-refractivity contribution < 1.29 is 14.3 Å². The summed E-state index contributed by atoms with van der Waals surface area (Å²) in [6.45, 7) is 0.557. The van der Waals surface area contributed by atoms with Crippen LogP contribution >= 0.6 is 11.3 Å². The summed E-state index contributed by atoms with van der Waals surface area (Å²) in [6, 6.07) is 16.0. The van der Waals surface area contributed by atoms with E-state index in [0.29, 0.717) is 35.5 Å². The predicted molar refractivity (Wildman–Crippen MR) is 110 cm³/mol. The lowest BCUT2D eigenvalue weighted by Gasteiger charge is -2.22. The minimum absolute atomic E-state index is 0.0649. The third-order valence-corrected chi connectivity index (χ3v) is 5.71. The second-order valence-corrected chi connectivity index (χ2v) is 7.63. The molecule has 0 saturated heterocycles. The molecule has 1 atom stereocenters. The lowest BCUT2D eigenvalue weighted by atomic mass is 9.91. The first kappa shape index (κ1) is 18.3. The lowest BCUT2D eigenvalue weighted by Crippen LogP contribution is -2.22. The summed E-state index contributed by atoms with van der Waals surface area (Å²) in [4.78, 5) is 17.3. The summed E-state index contributed by atoms with van der Waals surface area (Å²) in [5.74, 6) is 1.74. The number of thiazole rings is 1. The molecule has 2 aromatic carbocycles. The number of hydrogen-bond acceptors (Lipinski definition) is 6. The van der Waals surface area contributed by atoms with Gasteiger partial charge in [-0.1, -0.05) is 47.7 Å². The summed E-state index contributed by atoms with van der Waals surface area (Å²) in [5, 5.41) is 3.24. The number of nitrogens with two attached hydrogens (primary N) is 1. The molecule has 7 heteroatoms. The highest BCUT2D eigenvalue weighted by Gasteiger charge is 2.30. The minimum atomic E-state index is -0.0918. The van der Waals surface area contributed by atoms with Crippen molar-refractivity contribution in [3.05, 3.63) is 64.5 Å². The zero-order chi connectivity index (χ0) is 19.5. The highest BCUT2D eigenvalue weighted by Crippen LogP contribution is 2.43. The molecular weight excluding hydrogens is 374 g/mol. The van der Waals surface area contributed by atoms with Gasteiger partial charge in [0, 0.05) is 18.8 Å². The van der Waals surface area contributed by atoms with Crippen LogP contribution in [0.3, 0.4) is 0 Å². The van der Waals surface area contributed by atoms with Gasteiger partial charge in [-0.15, -0.1) is 0 Å². The number of methoxy groups -OCH3 is 1. The predicted octanol–water partition coefficient (Wildman–Crippen LogP) is 3.83. The number of benzene rings is 2. The number of nitrogens with zero attached hydrogens (tertiary/aromatic N) is 1. The summed E-state index contributed by atoms with van der Waals surface area (Å²) in [7, 11) is 1.62. The fourth-order valence-electron chi connectivity index (χ4n) is 3.35. The number of nitrogen functional groups attached to an aromatic ring is 1. The van der Waals surface area contributed by atoms with E-state index >= 15 is 0 Å². The summed E-state index contributed by atoms with van der Waals surface area (Å²) in [6.07, 6.45) is 1.17. The van der Waals surface area contributed by atoms with Crippen LogP contribution in [0.1, 0.15) is 28.3 Å². The van der Waals surface area contributed by atoms with Crippen molar-refractivity contribution in [3.63, 3.8) is 0 Å².